The number of benzene rings is 3. The molecule has 44 heavy (non-hydrogen) atoms. The number of carbonyl (C=O) groups is 3. The highest BCUT2D eigenvalue weighted by Gasteiger charge is 2.30. The van der Waals surface area contributed by atoms with Crippen LogP contribution in [0.1, 0.15) is 48.1 Å². The molecule has 4 aromatic rings. The first-order chi connectivity index (χ1) is 20.8. The normalized spacial score (nSPS) is 12.9. The number of nitrogens with zero attached hydrogens (tertiary/aromatic N) is 3. The average Bonchev–Trinajstić information content (AvgIpc) is 3.57. The number of alkyl halides is 3. The molecule has 0 saturated carbocycles. The van der Waals surface area contributed by atoms with Crippen LogP contribution in [0.3, 0.4) is 0 Å². The van der Waals surface area contributed by atoms with Gasteiger partial charge in [-0.1, -0.05) is 30.3 Å². The molecular weight excluding hydrogens is 595 g/mol. The maximum Gasteiger partial charge on any atom is 0.416 e. The Morgan fingerprint density at radius 2 is 1.70 bits per heavy atom. The summed E-state index contributed by atoms with van der Waals surface area (Å²) in [5.74, 6) is -0.362. The Bertz CT molecular complexity index is 1710. The van der Waals surface area contributed by atoms with Crippen molar-refractivity contribution in [1.82, 2.24) is 9.36 Å². The molecular formula is C31H28F3N5O4S. The fourth-order valence-electron chi connectivity index (χ4n) is 4.71. The van der Waals surface area contributed by atoms with Crippen LogP contribution in [0.25, 0.3) is 11.1 Å². The largest absolute Gasteiger partial charge is 0.444 e. The third-order valence-electron chi connectivity index (χ3n) is 6.61. The van der Waals surface area contributed by atoms with Crippen molar-refractivity contribution in [3.63, 3.8) is 0 Å². The van der Waals surface area contributed by atoms with Gasteiger partial charge in [0.1, 0.15) is 5.60 Å². The topological polar surface area (TPSA) is 114 Å². The number of ether oxygens (including phenoxy) is 1. The SMILES string of the molecule is CC(C)(C)OC(=O)Nc1nc(CC(=O)N2CCc3cc(NC(=O)c4ccccc4-c4ccc(C(F)(F)F)cc4)ccc32)ns1. The van der Waals surface area contributed by atoms with E-state index in [1.54, 1.807) is 68.1 Å². The third-order valence-corrected chi connectivity index (χ3v) is 7.28. The van der Waals surface area contributed by atoms with Crippen LogP contribution in [0.2, 0.25) is 0 Å². The van der Waals surface area contributed by atoms with Crippen molar-refractivity contribution in [2.75, 3.05) is 22.1 Å². The smallest absolute Gasteiger partial charge is 0.416 e. The fraction of sp³-hybridized carbons (Fsp3) is 0.258. The Kier molecular flexibility index (Phi) is 8.42. The van der Waals surface area contributed by atoms with Crippen LogP contribution in [-0.2, 0) is 28.5 Å². The maximum absolute atomic E-state index is 13.2. The second-order valence-corrected chi connectivity index (χ2v) is 11.8. The Hall–Kier alpha value is -4.78. The summed E-state index contributed by atoms with van der Waals surface area (Å²) in [4.78, 5) is 44.2. The molecule has 0 aliphatic carbocycles. The number of hydrogen-bond donors (Lipinski definition) is 2. The van der Waals surface area contributed by atoms with Gasteiger partial charge in [0.15, 0.2) is 5.82 Å². The monoisotopic (exact) mass is 623 g/mol. The number of amides is 3. The quantitative estimate of drug-likeness (QED) is 0.240. The van der Waals surface area contributed by atoms with E-state index >= 15 is 0 Å². The minimum atomic E-state index is -4.45. The van der Waals surface area contributed by atoms with E-state index in [9.17, 15) is 27.6 Å². The summed E-state index contributed by atoms with van der Waals surface area (Å²) < 4.78 is 48.4. The van der Waals surface area contributed by atoms with E-state index in [0.29, 0.717) is 41.0 Å². The highest BCUT2D eigenvalue weighted by atomic mass is 32.1. The molecule has 1 aromatic heterocycles. The molecule has 1 aliphatic heterocycles. The number of aromatic nitrogens is 2. The zero-order chi connectivity index (χ0) is 31.6. The van der Waals surface area contributed by atoms with Crippen molar-refractivity contribution in [2.45, 2.75) is 45.4 Å². The molecule has 3 aromatic carbocycles. The first-order valence-corrected chi connectivity index (χ1v) is 14.4. The van der Waals surface area contributed by atoms with Crippen molar-refractivity contribution in [2.24, 2.45) is 0 Å². The van der Waals surface area contributed by atoms with Crippen LogP contribution >= 0.6 is 11.5 Å². The number of rotatable bonds is 6. The second-order valence-electron chi connectivity index (χ2n) is 11.0. The summed E-state index contributed by atoms with van der Waals surface area (Å²) in [5, 5.41) is 5.60. The summed E-state index contributed by atoms with van der Waals surface area (Å²) in [6, 6.07) is 16.6. The van der Waals surface area contributed by atoms with Gasteiger partial charge in [0.25, 0.3) is 5.91 Å². The van der Waals surface area contributed by atoms with Crippen LogP contribution in [0, 0.1) is 0 Å². The predicted octanol–water partition coefficient (Wildman–Crippen LogP) is 6.96. The molecule has 0 radical (unpaired) electrons. The lowest BCUT2D eigenvalue weighted by atomic mass is 9.98. The summed E-state index contributed by atoms with van der Waals surface area (Å²) in [6.45, 7) is 5.67. The standard InChI is InChI=1S/C31H28F3N5O4S/c1-30(2,3)43-29(42)37-28-36-25(38-44-28)17-26(40)39-15-14-19-16-21(12-13-24(19)39)35-27(41)23-7-5-4-6-22(23)18-8-10-20(11-9-18)31(32,33)34/h4-13,16H,14-15,17H2,1-3H3,(H,35,41)(H,36,37,38,42). The Labute approximate surface area is 255 Å². The van der Waals surface area contributed by atoms with E-state index in [-0.39, 0.29) is 23.3 Å². The first kappa shape index (κ1) is 30.7. The fourth-order valence-corrected chi connectivity index (χ4v) is 5.28. The van der Waals surface area contributed by atoms with Crippen LogP contribution in [0.4, 0.5) is 34.5 Å². The van der Waals surface area contributed by atoms with Gasteiger partial charge in [-0.3, -0.25) is 14.9 Å². The first-order valence-electron chi connectivity index (χ1n) is 13.6. The van der Waals surface area contributed by atoms with Gasteiger partial charge in [0, 0.05) is 35.0 Å². The van der Waals surface area contributed by atoms with Crippen molar-refractivity contribution in [1.29, 1.82) is 0 Å². The molecule has 9 nitrogen and oxygen atoms in total. The molecule has 13 heteroatoms. The molecule has 0 unspecified atom stereocenters. The molecule has 0 bridgehead atoms. The van der Waals surface area contributed by atoms with Crippen molar-refractivity contribution in [3.8, 4) is 11.1 Å². The number of halogens is 3. The van der Waals surface area contributed by atoms with Gasteiger partial charge >= 0.3 is 12.3 Å². The lowest BCUT2D eigenvalue weighted by Crippen LogP contribution is -2.30. The van der Waals surface area contributed by atoms with Crippen LogP contribution < -0.4 is 15.5 Å². The van der Waals surface area contributed by atoms with Gasteiger partial charge in [-0.2, -0.15) is 17.5 Å². The highest BCUT2D eigenvalue weighted by Crippen LogP contribution is 2.33. The minimum absolute atomic E-state index is 0.0643. The molecule has 3 amide bonds. The highest BCUT2D eigenvalue weighted by molar-refractivity contribution is 7.09. The van der Waals surface area contributed by atoms with Gasteiger partial charge in [0.05, 0.1) is 12.0 Å². The molecule has 228 valence electrons. The van der Waals surface area contributed by atoms with Crippen LogP contribution in [-0.4, -0.2) is 39.4 Å². The van der Waals surface area contributed by atoms with Crippen molar-refractivity contribution < 1.29 is 32.3 Å². The predicted molar refractivity (Wildman–Crippen MR) is 161 cm³/mol. The average molecular weight is 624 g/mol. The number of fused-ring (bicyclic) bond motifs is 1. The van der Waals surface area contributed by atoms with Gasteiger partial charge in [-0.15, -0.1) is 0 Å². The molecule has 0 atom stereocenters. The molecule has 0 fully saturated rings. The van der Waals surface area contributed by atoms with Crippen molar-refractivity contribution in [3.05, 3.63) is 89.2 Å². The third kappa shape index (κ3) is 7.22. The van der Waals surface area contributed by atoms with E-state index in [0.717, 1.165) is 29.2 Å². The summed E-state index contributed by atoms with van der Waals surface area (Å²) in [5.41, 5.74) is 1.94. The van der Waals surface area contributed by atoms with E-state index in [2.05, 4.69) is 20.0 Å². The van der Waals surface area contributed by atoms with E-state index < -0.39 is 29.3 Å². The lowest BCUT2D eigenvalue weighted by molar-refractivity contribution is -0.137. The molecule has 2 heterocycles. The number of nitrogens with one attached hydrogen (secondary N) is 2. The maximum atomic E-state index is 13.2. The Balaban J connectivity index is 1.24. The number of carbonyl (C=O) groups excluding carboxylic acids is 3. The van der Waals surface area contributed by atoms with Crippen LogP contribution in [0.15, 0.2) is 66.7 Å². The van der Waals surface area contributed by atoms with Crippen LogP contribution in [0.5, 0.6) is 0 Å². The molecule has 0 saturated heterocycles. The zero-order valence-electron chi connectivity index (χ0n) is 24.0. The number of anilines is 3. The Morgan fingerprint density at radius 3 is 2.41 bits per heavy atom. The zero-order valence-corrected chi connectivity index (χ0v) is 24.8. The molecule has 2 N–H and O–H groups in total. The van der Waals surface area contributed by atoms with Gasteiger partial charge < -0.3 is 15.0 Å². The van der Waals surface area contributed by atoms with E-state index in [1.807, 2.05) is 0 Å². The summed E-state index contributed by atoms with van der Waals surface area (Å²) in [7, 11) is 0. The number of hydrogen-bond acceptors (Lipinski definition) is 7. The van der Waals surface area contributed by atoms with Gasteiger partial charge in [-0.05, 0) is 80.3 Å². The summed E-state index contributed by atoms with van der Waals surface area (Å²) in [6.07, 6.45) is -4.61. The van der Waals surface area contributed by atoms with Crippen molar-refractivity contribution >= 4 is 45.9 Å². The van der Waals surface area contributed by atoms with Gasteiger partial charge in [-0.25, -0.2) is 9.78 Å². The second kappa shape index (κ2) is 12.1. The Morgan fingerprint density at radius 1 is 0.977 bits per heavy atom. The molecule has 5 rings (SSSR count). The van der Waals surface area contributed by atoms with E-state index in [4.69, 9.17) is 4.74 Å². The molecule has 0 spiro atoms. The molecule has 1 aliphatic rings. The summed E-state index contributed by atoms with van der Waals surface area (Å²) >= 11 is 0.952. The minimum Gasteiger partial charge on any atom is -0.444 e. The van der Waals surface area contributed by atoms with E-state index in [1.165, 1.54) is 12.1 Å². The lowest BCUT2D eigenvalue weighted by Gasteiger charge is -2.18. The van der Waals surface area contributed by atoms with Gasteiger partial charge in [0.2, 0.25) is 11.0 Å².